The monoisotopic (exact) mass is 324 g/mol. The number of aromatic nitrogens is 2. The standard InChI is InChI=1S/C16H19F3N4/c17-16(18,19)14-3-1-12(2-4-14)15-13(8-21-22-15)10-23-6-5-11(7-20)9-23/h1-4,8,11H,5-7,9-10,20H2,(H,21,22). The average Bonchev–Trinajstić information content (AvgIpc) is 3.16. The molecule has 0 saturated carbocycles. The molecule has 1 atom stereocenters. The van der Waals surface area contributed by atoms with Crippen LogP contribution in [0.4, 0.5) is 13.2 Å². The zero-order valence-electron chi connectivity index (χ0n) is 12.6. The zero-order chi connectivity index (χ0) is 16.4. The van der Waals surface area contributed by atoms with Crippen LogP contribution in [0.1, 0.15) is 17.5 Å². The highest BCUT2D eigenvalue weighted by molar-refractivity contribution is 5.63. The van der Waals surface area contributed by atoms with Gasteiger partial charge >= 0.3 is 6.18 Å². The third-order valence-corrected chi connectivity index (χ3v) is 4.32. The number of nitrogens with one attached hydrogen (secondary N) is 1. The number of H-pyrrole nitrogens is 1. The van der Waals surface area contributed by atoms with Gasteiger partial charge in [-0.15, -0.1) is 0 Å². The number of hydrogen-bond acceptors (Lipinski definition) is 3. The summed E-state index contributed by atoms with van der Waals surface area (Å²) in [5.74, 6) is 0.524. The fraction of sp³-hybridized carbons (Fsp3) is 0.438. The smallest absolute Gasteiger partial charge is 0.330 e. The lowest BCUT2D eigenvalue weighted by Crippen LogP contribution is -2.22. The summed E-state index contributed by atoms with van der Waals surface area (Å²) in [5.41, 5.74) is 7.53. The number of halogens is 3. The molecule has 3 N–H and O–H groups in total. The molecule has 4 nitrogen and oxygen atoms in total. The van der Waals surface area contributed by atoms with Crippen molar-refractivity contribution in [3.63, 3.8) is 0 Å². The summed E-state index contributed by atoms with van der Waals surface area (Å²) in [6, 6.07) is 5.15. The zero-order valence-corrected chi connectivity index (χ0v) is 12.6. The van der Waals surface area contributed by atoms with Gasteiger partial charge in [-0.1, -0.05) is 12.1 Å². The second-order valence-corrected chi connectivity index (χ2v) is 5.97. The lowest BCUT2D eigenvalue weighted by atomic mass is 10.1. The van der Waals surface area contributed by atoms with E-state index in [1.165, 1.54) is 12.1 Å². The Balaban J connectivity index is 1.76. The molecule has 2 aromatic rings. The summed E-state index contributed by atoms with van der Waals surface area (Å²) in [7, 11) is 0. The molecule has 0 radical (unpaired) electrons. The Morgan fingerprint density at radius 1 is 1.26 bits per heavy atom. The molecule has 1 aromatic heterocycles. The second kappa shape index (κ2) is 6.33. The van der Waals surface area contributed by atoms with E-state index in [2.05, 4.69) is 15.1 Å². The van der Waals surface area contributed by atoms with Gasteiger partial charge in [0.1, 0.15) is 0 Å². The molecule has 124 valence electrons. The molecule has 7 heteroatoms. The molecule has 1 fully saturated rings. The highest BCUT2D eigenvalue weighted by Gasteiger charge is 2.30. The fourth-order valence-electron chi connectivity index (χ4n) is 3.00. The van der Waals surface area contributed by atoms with Gasteiger partial charge in [0.25, 0.3) is 0 Å². The van der Waals surface area contributed by atoms with Crippen LogP contribution in [0.2, 0.25) is 0 Å². The Morgan fingerprint density at radius 2 is 2.00 bits per heavy atom. The van der Waals surface area contributed by atoms with E-state index in [-0.39, 0.29) is 0 Å². The van der Waals surface area contributed by atoms with E-state index >= 15 is 0 Å². The SMILES string of the molecule is NCC1CCN(Cc2cn[nH]c2-c2ccc(C(F)(F)F)cc2)C1. The lowest BCUT2D eigenvalue weighted by Gasteiger charge is -2.15. The Morgan fingerprint density at radius 3 is 2.61 bits per heavy atom. The highest BCUT2D eigenvalue weighted by Crippen LogP contribution is 2.31. The topological polar surface area (TPSA) is 57.9 Å². The molecule has 1 saturated heterocycles. The number of alkyl halides is 3. The first-order chi connectivity index (χ1) is 11.0. The molecule has 1 unspecified atom stereocenters. The third-order valence-electron chi connectivity index (χ3n) is 4.32. The van der Waals surface area contributed by atoms with Crippen LogP contribution in [0.3, 0.4) is 0 Å². The summed E-state index contributed by atoms with van der Waals surface area (Å²) in [4.78, 5) is 2.30. The van der Waals surface area contributed by atoms with Gasteiger partial charge < -0.3 is 5.73 Å². The van der Waals surface area contributed by atoms with Gasteiger partial charge in [0.2, 0.25) is 0 Å². The molecule has 0 aliphatic carbocycles. The van der Waals surface area contributed by atoms with Crippen molar-refractivity contribution in [1.82, 2.24) is 15.1 Å². The molecule has 2 heterocycles. The van der Waals surface area contributed by atoms with Crippen LogP contribution in [0.15, 0.2) is 30.5 Å². The minimum Gasteiger partial charge on any atom is -0.330 e. The number of benzene rings is 1. The number of nitrogens with two attached hydrogens (primary N) is 1. The maximum absolute atomic E-state index is 12.6. The van der Waals surface area contributed by atoms with Crippen molar-refractivity contribution in [2.45, 2.75) is 19.1 Å². The quantitative estimate of drug-likeness (QED) is 0.909. The van der Waals surface area contributed by atoms with Crippen LogP contribution < -0.4 is 5.73 Å². The number of hydrogen-bond donors (Lipinski definition) is 2. The molecule has 23 heavy (non-hydrogen) atoms. The van der Waals surface area contributed by atoms with Gasteiger partial charge in [-0.2, -0.15) is 18.3 Å². The number of nitrogens with zero attached hydrogens (tertiary/aromatic N) is 2. The first kappa shape index (κ1) is 16.0. The Bertz CT molecular complexity index is 648. The second-order valence-electron chi connectivity index (χ2n) is 5.97. The van der Waals surface area contributed by atoms with Crippen molar-refractivity contribution in [2.75, 3.05) is 19.6 Å². The number of aromatic amines is 1. The van der Waals surface area contributed by atoms with E-state index in [0.29, 0.717) is 18.0 Å². The number of likely N-dealkylation sites (tertiary alicyclic amines) is 1. The van der Waals surface area contributed by atoms with Crippen molar-refractivity contribution in [3.05, 3.63) is 41.6 Å². The maximum atomic E-state index is 12.6. The maximum Gasteiger partial charge on any atom is 0.416 e. The van der Waals surface area contributed by atoms with Crippen molar-refractivity contribution in [2.24, 2.45) is 11.7 Å². The van der Waals surface area contributed by atoms with Crippen molar-refractivity contribution >= 4 is 0 Å². The molecule has 0 spiro atoms. The molecule has 1 aliphatic rings. The first-order valence-corrected chi connectivity index (χ1v) is 7.59. The van der Waals surface area contributed by atoms with E-state index in [9.17, 15) is 13.2 Å². The normalized spacial score (nSPS) is 19.4. The number of rotatable bonds is 4. The molecule has 0 amide bonds. The van der Waals surface area contributed by atoms with Gasteiger partial charge in [0.15, 0.2) is 0 Å². The van der Waals surface area contributed by atoms with Crippen molar-refractivity contribution < 1.29 is 13.2 Å². The largest absolute Gasteiger partial charge is 0.416 e. The summed E-state index contributed by atoms with van der Waals surface area (Å²) in [6.07, 6.45) is -1.49. The third kappa shape index (κ3) is 3.56. The Labute approximate surface area is 132 Å². The van der Waals surface area contributed by atoms with E-state index in [1.807, 2.05) is 0 Å². The molecule has 3 rings (SSSR count). The summed E-state index contributed by atoms with van der Waals surface area (Å²) < 4.78 is 37.9. The molecular formula is C16H19F3N4. The van der Waals surface area contributed by atoms with E-state index in [1.54, 1.807) is 6.20 Å². The van der Waals surface area contributed by atoms with Crippen LogP contribution in [0, 0.1) is 5.92 Å². The van der Waals surface area contributed by atoms with E-state index < -0.39 is 11.7 Å². The van der Waals surface area contributed by atoms with Gasteiger partial charge in [0.05, 0.1) is 17.5 Å². The molecule has 1 aliphatic heterocycles. The van der Waals surface area contributed by atoms with E-state index in [0.717, 1.165) is 49.4 Å². The van der Waals surface area contributed by atoms with Crippen LogP contribution >= 0.6 is 0 Å². The first-order valence-electron chi connectivity index (χ1n) is 7.59. The predicted molar refractivity (Wildman–Crippen MR) is 81.5 cm³/mol. The molecule has 1 aromatic carbocycles. The highest BCUT2D eigenvalue weighted by atomic mass is 19.4. The molecule has 0 bridgehead atoms. The fourth-order valence-corrected chi connectivity index (χ4v) is 3.00. The van der Waals surface area contributed by atoms with Crippen molar-refractivity contribution in [3.8, 4) is 11.3 Å². The average molecular weight is 324 g/mol. The van der Waals surface area contributed by atoms with Crippen LogP contribution in [-0.2, 0) is 12.7 Å². The molecular weight excluding hydrogens is 305 g/mol. The summed E-state index contributed by atoms with van der Waals surface area (Å²) in [5, 5.41) is 6.95. The minimum absolute atomic E-state index is 0.524. The minimum atomic E-state index is -4.32. The van der Waals surface area contributed by atoms with Crippen LogP contribution in [-0.4, -0.2) is 34.7 Å². The van der Waals surface area contributed by atoms with Crippen molar-refractivity contribution in [1.29, 1.82) is 0 Å². The lowest BCUT2D eigenvalue weighted by molar-refractivity contribution is -0.137. The van der Waals surface area contributed by atoms with Crippen LogP contribution in [0.25, 0.3) is 11.3 Å². The Kier molecular flexibility index (Phi) is 4.41. The van der Waals surface area contributed by atoms with Gasteiger partial charge in [-0.05, 0) is 43.1 Å². The van der Waals surface area contributed by atoms with Gasteiger partial charge in [0, 0.05) is 18.7 Å². The summed E-state index contributed by atoms with van der Waals surface area (Å²) in [6.45, 7) is 3.35. The van der Waals surface area contributed by atoms with Crippen LogP contribution in [0.5, 0.6) is 0 Å². The van der Waals surface area contributed by atoms with Gasteiger partial charge in [-0.25, -0.2) is 0 Å². The van der Waals surface area contributed by atoms with E-state index in [4.69, 9.17) is 5.73 Å². The predicted octanol–water partition coefficient (Wildman–Crippen LogP) is 2.88. The summed E-state index contributed by atoms with van der Waals surface area (Å²) >= 11 is 0. The Hall–Kier alpha value is -1.86. The van der Waals surface area contributed by atoms with Gasteiger partial charge in [-0.3, -0.25) is 10.00 Å².